The third-order valence-electron chi connectivity index (χ3n) is 5.04. The maximum atomic E-state index is 11.6. The van der Waals surface area contributed by atoms with E-state index in [1.807, 2.05) is 19.1 Å². The Balaban J connectivity index is 1.69. The maximum Gasteiger partial charge on any atom is 0.343 e. The van der Waals surface area contributed by atoms with Gasteiger partial charge in [0.2, 0.25) is 0 Å². The lowest BCUT2D eigenvalue weighted by molar-refractivity contribution is -0.144. The van der Waals surface area contributed by atoms with E-state index in [1.165, 1.54) is 6.92 Å². The second kappa shape index (κ2) is 6.17. The Hall–Kier alpha value is -2.26. The smallest absolute Gasteiger partial charge is 0.343 e. The molecule has 8 nitrogen and oxygen atoms in total. The largest absolute Gasteiger partial charge is 0.507 e. The fourth-order valence-corrected chi connectivity index (χ4v) is 3.15. The Bertz CT molecular complexity index is 756. The minimum absolute atomic E-state index is 0.112. The van der Waals surface area contributed by atoms with Gasteiger partial charge in [-0.25, -0.2) is 4.79 Å². The maximum absolute atomic E-state index is 11.6. The van der Waals surface area contributed by atoms with Crippen LogP contribution in [0.1, 0.15) is 29.8 Å². The number of aliphatic carboxylic acids is 1. The van der Waals surface area contributed by atoms with Crippen LogP contribution in [0.15, 0.2) is 12.1 Å². The quantitative estimate of drug-likeness (QED) is 0.510. The molecule has 1 aromatic rings. The lowest BCUT2D eigenvalue weighted by Gasteiger charge is -2.41. The highest BCUT2D eigenvalue weighted by molar-refractivity contribution is 6.54. The van der Waals surface area contributed by atoms with Crippen LogP contribution < -0.4 is 10.5 Å². The van der Waals surface area contributed by atoms with Gasteiger partial charge in [0, 0.05) is 19.6 Å². The van der Waals surface area contributed by atoms with Gasteiger partial charge in [-0.15, -0.1) is 0 Å². The first-order valence-electron chi connectivity index (χ1n) is 8.39. The van der Waals surface area contributed by atoms with Crippen LogP contribution in [0.5, 0.6) is 11.5 Å². The first-order valence-corrected chi connectivity index (χ1v) is 8.39. The number of hydrogen-bond acceptors (Lipinski definition) is 6. The van der Waals surface area contributed by atoms with Crippen molar-refractivity contribution in [3.8, 4) is 11.5 Å². The van der Waals surface area contributed by atoms with Crippen molar-refractivity contribution < 1.29 is 29.6 Å². The molecule has 2 heterocycles. The molecule has 0 aliphatic carbocycles. The van der Waals surface area contributed by atoms with Crippen molar-refractivity contribution >= 4 is 19.2 Å². The van der Waals surface area contributed by atoms with Crippen molar-refractivity contribution in [1.82, 2.24) is 4.90 Å². The number of carboxylic acid groups (broad SMARTS) is 2. The van der Waals surface area contributed by atoms with Gasteiger partial charge in [-0.2, -0.15) is 0 Å². The molecular weight excluding hydrogens is 339 g/mol. The number of ether oxygens (including phenoxy) is 1. The summed E-state index contributed by atoms with van der Waals surface area (Å²) >= 11 is 0. The molecule has 2 saturated heterocycles. The molecule has 9 heteroatoms. The fourth-order valence-electron chi connectivity index (χ4n) is 3.15. The summed E-state index contributed by atoms with van der Waals surface area (Å²) in [6.45, 7) is 4.43. The van der Waals surface area contributed by atoms with E-state index in [2.05, 4.69) is 0 Å². The van der Waals surface area contributed by atoms with Crippen molar-refractivity contribution in [3.63, 3.8) is 0 Å². The molecule has 1 radical (unpaired) electrons. The molecule has 5 N–H and O–H groups in total. The number of carboxylic acids is 2. The Labute approximate surface area is 151 Å². The van der Waals surface area contributed by atoms with Gasteiger partial charge in [0.15, 0.2) is 0 Å². The predicted octanol–water partition coefficient (Wildman–Crippen LogP) is 0.307. The SMILES string of the molecule is C[C@](N)(CN1CC(Oc2ccc([C@@]3(C)[B]C3)c(O)c2C(=O)O)C1)C(=O)O. The van der Waals surface area contributed by atoms with Crippen LogP contribution in [0.25, 0.3) is 0 Å². The van der Waals surface area contributed by atoms with Gasteiger partial charge in [0.05, 0.1) is 0 Å². The molecule has 2 aliphatic heterocycles. The topological polar surface area (TPSA) is 133 Å². The predicted molar refractivity (Wildman–Crippen MR) is 94.1 cm³/mol. The summed E-state index contributed by atoms with van der Waals surface area (Å²) in [5, 5.41) is 28.7. The van der Waals surface area contributed by atoms with Gasteiger partial charge in [-0.3, -0.25) is 9.69 Å². The Morgan fingerprint density at radius 3 is 2.54 bits per heavy atom. The van der Waals surface area contributed by atoms with Gasteiger partial charge in [-0.05, 0) is 23.9 Å². The summed E-state index contributed by atoms with van der Waals surface area (Å²) in [4.78, 5) is 24.5. The highest BCUT2D eigenvalue weighted by Gasteiger charge is 2.44. The molecule has 139 valence electrons. The van der Waals surface area contributed by atoms with Crippen LogP contribution >= 0.6 is 0 Å². The number of carbonyl (C=O) groups is 2. The standard InChI is InChI=1S/C17H22BN2O6/c1-16(7-18-16)10-3-4-11(12(13(10)21)14(22)23)26-9-5-20(6-9)8-17(2,19)15(24)25/h3-4,9,21H,5-8,19H2,1-2H3,(H,22,23)(H,24,25)/t16-,17-/m0/s1. The second-order valence-electron chi connectivity index (χ2n) is 7.62. The summed E-state index contributed by atoms with van der Waals surface area (Å²) in [7, 11) is 2.00. The van der Waals surface area contributed by atoms with E-state index in [1.54, 1.807) is 12.1 Å². The number of nitrogens with two attached hydrogens (primary N) is 1. The number of rotatable bonds is 7. The average Bonchev–Trinajstić information content (AvgIpc) is 3.22. The number of aromatic hydroxyl groups is 1. The van der Waals surface area contributed by atoms with E-state index in [0.717, 1.165) is 6.32 Å². The van der Waals surface area contributed by atoms with Gasteiger partial charge in [0.1, 0.15) is 36.0 Å². The number of phenols is 1. The third kappa shape index (κ3) is 3.36. The zero-order valence-corrected chi connectivity index (χ0v) is 14.7. The van der Waals surface area contributed by atoms with Gasteiger partial charge < -0.3 is 25.8 Å². The minimum atomic E-state index is -1.35. The molecule has 2 atom stereocenters. The van der Waals surface area contributed by atoms with Gasteiger partial charge in [-0.1, -0.05) is 19.3 Å². The highest BCUT2D eigenvalue weighted by atomic mass is 16.5. The van der Waals surface area contributed by atoms with E-state index in [0.29, 0.717) is 18.7 Å². The summed E-state index contributed by atoms with van der Waals surface area (Å²) < 4.78 is 5.74. The second-order valence-corrected chi connectivity index (χ2v) is 7.62. The van der Waals surface area contributed by atoms with Crippen LogP contribution in [-0.2, 0) is 10.1 Å². The molecule has 3 rings (SSSR count). The third-order valence-corrected chi connectivity index (χ3v) is 5.04. The van der Waals surface area contributed by atoms with E-state index < -0.39 is 17.5 Å². The van der Waals surface area contributed by atoms with Crippen molar-refractivity contribution in [1.29, 1.82) is 0 Å². The number of benzene rings is 1. The average molecular weight is 361 g/mol. The molecule has 0 bridgehead atoms. The van der Waals surface area contributed by atoms with E-state index in [9.17, 15) is 19.8 Å². The molecule has 0 aromatic heterocycles. The van der Waals surface area contributed by atoms with Crippen molar-refractivity contribution in [3.05, 3.63) is 23.3 Å². The summed E-state index contributed by atoms with van der Waals surface area (Å²) in [6, 6.07) is 3.27. The zero-order valence-electron chi connectivity index (χ0n) is 14.7. The molecule has 0 unspecified atom stereocenters. The molecule has 1 aromatic carbocycles. The highest BCUT2D eigenvalue weighted by Crippen LogP contribution is 2.47. The van der Waals surface area contributed by atoms with Crippen LogP contribution in [0.3, 0.4) is 0 Å². The Morgan fingerprint density at radius 1 is 1.42 bits per heavy atom. The monoisotopic (exact) mass is 361 g/mol. The first-order chi connectivity index (χ1) is 12.0. The molecular formula is C17H22BN2O6. The summed E-state index contributed by atoms with van der Waals surface area (Å²) in [5.74, 6) is -2.48. The van der Waals surface area contributed by atoms with Crippen LogP contribution in [0.4, 0.5) is 0 Å². The van der Waals surface area contributed by atoms with E-state index in [4.69, 9.17) is 15.6 Å². The van der Waals surface area contributed by atoms with Crippen molar-refractivity contribution in [2.45, 2.75) is 37.1 Å². The normalized spacial score (nSPS) is 24.9. The molecule has 2 fully saturated rings. The van der Waals surface area contributed by atoms with Crippen LogP contribution in [0, 0.1) is 0 Å². The zero-order chi connectivity index (χ0) is 19.3. The molecule has 0 saturated carbocycles. The molecule has 26 heavy (non-hydrogen) atoms. The van der Waals surface area contributed by atoms with Gasteiger partial charge >= 0.3 is 11.9 Å². The number of aromatic carboxylic acids is 1. The fraction of sp³-hybridized carbons (Fsp3) is 0.529. The molecule has 0 spiro atoms. The van der Waals surface area contributed by atoms with Crippen LogP contribution in [0.2, 0.25) is 6.32 Å². The minimum Gasteiger partial charge on any atom is -0.507 e. The summed E-state index contributed by atoms with van der Waals surface area (Å²) in [6.07, 6.45) is 0.504. The lowest BCUT2D eigenvalue weighted by Crippen LogP contribution is -2.62. The Kier molecular flexibility index (Phi) is 4.40. The molecule has 2 aliphatic rings. The van der Waals surface area contributed by atoms with Crippen molar-refractivity contribution in [2.75, 3.05) is 19.6 Å². The van der Waals surface area contributed by atoms with E-state index in [-0.39, 0.29) is 35.0 Å². The lowest BCUT2D eigenvalue weighted by atomic mass is 9.81. The summed E-state index contributed by atoms with van der Waals surface area (Å²) in [5.41, 5.74) is 4.71. The van der Waals surface area contributed by atoms with E-state index >= 15 is 0 Å². The first kappa shape index (κ1) is 18.5. The Morgan fingerprint density at radius 2 is 2.04 bits per heavy atom. The van der Waals surface area contributed by atoms with Gasteiger partial charge in [0.25, 0.3) is 0 Å². The number of likely N-dealkylation sites (tertiary alicyclic amines) is 1. The molecule has 0 amide bonds. The van der Waals surface area contributed by atoms with Crippen LogP contribution in [-0.4, -0.2) is 70.7 Å². The number of hydrogen-bond donors (Lipinski definition) is 4. The number of nitrogens with zero attached hydrogens (tertiary/aromatic N) is 1. The van der Waals surface area contributed by atoms with Crippen molar-refractivity contribution in [2.24, 2.45) is 5.73 Å².